The number of fused-ring (bicyclic) bond motifs is 1. The van der Waals surface area contributed by atoms with Gasteiger partial charge in [0.05, 0.1) is 12.3 Å². The lowest BCUT2D eigenvalue weighted by Gasteiger charge is -2.31. The van der Waals surface area contributed by atoms with Crippen molar-refractivity contribution in [3.8, 4) is 0 Å². The molecular weight excluding hydrogens is 328 g/mol. The monoisotopic (exact) mass is 356 g/mol. The molecule has 26 heavy (non-hydrogen) atoms. The van der Waals surface area contributed by atoms with Gasteiger partial charge >= 0.3 is 5.97 Å². The van der Waals surface area contributed by atoms with Crippen LogP contribution in [0.3, 0.4) is 0 Å². The Kier molecular flexibility index (Phi) is 4.88. The van der Waals surface area contributed by atoms with Crippen LogP contribution in [0.2, 0.25) is 0 Å². The first-order valence-corrected chi connectivity index (χ1v) is 10.0. The van der Waals surface area contributed by atoms with Gasteiger partial charge in [0.1, 0.15) is 5.60 Å². The second-order valence-corrected chi connectivity index (χ2v) is 7.87. The van der Waals surface area contributed by atoms with Gasteiger partial charge in [0.2, 0.25) is 5.91 Å². The molecule has 1 saturated carbocycles. The minimum atomic E-state index is -0.507. The van der Waals surface area contributed by atoms with Gasteiger partial charge < -0.3 is 15.0 Å². The van der Waals surface area contributed by atoms with E-state index in [2.05, 4.69) is 34.5 Å². The van der Waals surface area contributed by atoms with Crippen molar-refractivity contribution in [2.24, 2.45) is 5.92 Å². The summed E-state index contributed by atoms with van der Waals surface area (Å²) in [6, 6.07) is 8.60. The van der Waals surface area contributed by atoms with Crippen LogP contribution in [-0.2, 0) is 20.7 Å². The summed E-state index contributed by atoms with van der Waals surface area (Å²) in [4.78, 5) is 26.8. The Morgan fingerprint density at radius 1 is 1.23 bits per heavy atom. The van der Waals surface area contributed by atoms with Gasteiger partial charge in [-0.25, -0.2) is 0 Å². The van der Waals surface area contributed by atoms with Gasteiger partial charge in [-0.15, -0.1) is 0 Å². The maximum Gasteiger partial charge on any atom is 0.307 e. The molecule has 1 aliphatic carbocycles. The predicted octanol–water partition coefficient (Wildman–Crippen LogP) is 2.82. The third kappa shape index (κ3) is 3.31. The van der Waals surface area contributed by atoms with E-state index in [9.17, 15) is 9.59 Å². The van der Waals surface area contributed by atoms with Crippen molar-refractivity contribution in [2.75, 3.05) is 24.5 Å². The third-order valence-electron chi connectivity index (χ3n) is 6.20. The fraction of sp³-hybridized carbons (Fsp3) is 0.619. The van der Waals surface area contributed by atoms with Gasteiger partial charge in [-0.05, 0) is 56.6 Å². The van der Waals surface area contributed by atoms with Crippen molar-refractivity contribution in [1.82, 2.24) is 5.32 Å². The quantitative estimate of drug-likeness (QED) is 0.651. The fourth-order valence-electron chi connectivity index (χ4n) is 4.90. The lowest BCUT2D eigenvalue weighted by molar-refractivity contribution is -0.149. The number of rotatable bonds is 5. The number of hydrogen-bond donors (Lipinski definition) is 1. The molecule has 2 fully saturated rings. The van der Waals surface area contributed by atoms with Crippen molar-refractivity contribution in [3.63, 3.8) is 0 Å². The Morgan fingerprint density at radius 3 is 2.88 bits per heavy atom. The van der Waals surface area contributed by atoms with Crippen molar-refractivity contribution in [2.45, 2.75) is 57.0 Å². The molecule has 140 valence electrons. The average Bonchev–Trinajstić information content (AvgIpc) is 3.25. The standard InChI is InChI=1S/C21H28N2O3/c24-19-15-17(21(26-19)10-3-4-11-21)20(25)22-12-6-14-23-13-5-8-16-7-1-2-9-18(16)23/h1-2,7,9,17H,3-6,8,10-15H2,(H,22,25)/t17-/m1/s1. The summed E-state index contributed by atoms with van der Waals surface area (Å²) >= 11 is 0. The van der Waals surface area contributed by atoms with Gasteiger partial charge in [0.25, 0.3) is 0 Å². The van der Waals surface area contributed by atoms with Gasteiger partial charge in [-0.2, -0.15) is 0 Å². The molecule has 1 atom stereocenters. The van der Waals surface area contributed by atoms with Gasteiger partial charge in [-0.3, -0.25) is 9.59 Å². The summed E-state index contributed by atoms with van der Waals surface area (Å²) < 4.78 is 5.58. The summed E-state index contributed by atoms with van der Waals surface area (Å²) in [5.41, 5.74) is 2.25. The highest BCUT2D eigenvalue weighted by atomic mass is 16.6. The number of para-hydroxylation sites is 1. The van der Waals surface area contributed by atoms with E-state index in [0.29, 0.717) is 6.54 Å². The van der Waals surface area contributed by atoms with Crippen LogP contribution in [0.5, 0.6) is 0 Å². The molecule has 1 aromatic rings. The second kappa shape index (κ2) is 7.29. The molecule has 2 aliphatic heterocycles. The maximum absolute atomic E-state index is 12.6. The average molecular weight is 356 g/mol. The highest BCUT2D eigenvalue weighted by molar-refractivity contribution is 5.87. The van der Waals surface area contributed by atoms with E-state index < -0.39 is 5.60 Å². The summed E-state index contributed by atoms with van der Waals surface area (Å²) in [5, 5.41) is 3.06. The zero-order valence-electron chi connectivity index (χ0n) is 15.3. The lowest BCUT2D eigenvalue weighted by atomic mass is 9.85. The normalized spacial score (nSPS) is 23.8. The molecule has 1 aromatic carbocycles. The maximum atomic E-state index is 12.6. The van der Waals surface area contributed by atoms with Crippen LogP contribution >= 0.6 is 0 Å². The molecule has 3 aliphatic rings. The number of benzene rings is 1. The van der Waals surface area contributed by atoms with E-state index in [0.717, 1.165) is 51.6 Å². The van der Waals surface area contributed by atoms with Crippen LogP contribution in [0.1, 0.15) is 50.5 Å². The third-order valence-corrected chi connectivity index (χ3v) is 6.20. The first-order valence-electron chi connectivity index (χ1n) is 10.0. The second-order valence-electron chi connectivity index (χ2n) is 7.87. The molecule has 1 spiro atoms. The van der Waals surface area contributed by atoms with Crippen LogP contribution in [-0.4, -0.2) is 37.1 Å². The number of nitrogens with zero attached hydrogens (tertiary/aromatic N) is 1. The van der Waals surface area contributed by atoms with E-state index in [1.165, 1.54) is 17.7 Å². The fourth-order valence-corrected chi connectivity index (χ4v) is 4.90. The van der Waals surface area contributed by atoms with E-state index >= 15 is 0 Å². The van der Waals surface area contributed by atoms with Gasteiger partial charge in [0.15, 0.2) is 0 Å². The lowest BCUT2D eigenvalue weighted by Crippen LogP contribution is -2.43. The molecule has 5 heteroatoms. The van der Waals surface area contributed by atoms with Gasteiger partial charge in [0, 0.05) is 25.3 Å². The molecule has 1 amide bonds. The van der Waals surface area contributed by atoms with Crippen molar-refractivity contribution < 1.29 is 14.3 Å². The summed E-state index contributed by atoms with van der Waals surface area (Å²) in [6.07, 6.45) is 7.26. The van der Waals surface area contributed by atoms with E-state index in [-0.39, 0.29) is 24.2 Å². The SMILES string of the molecule is O=C1C[C@H](C(=O)NCCCN2CCCc3ccccc32)C2(CCCC2)O1. The number of nitrogens with one attached hydrogen (secondary N) is 1. The topological polar surface area (TPSA) is 58.6 Å². The van der Waals surface area contributed by atoms with Crippen LogP contribution < -0.4 is 10.2 Å². The van der Waals surface area contributed by atoms with Crippen LogP contribution in [0.15, 0.2) is 24.3 Å². The largest absolute Gasteiger partial charge is 0.458 e. The number of carbonyl (C=O) groups excluding carboxylic acids is 2. The number of hydrogen-bond acceptors (Lipinski definition) is 4. The number of amides is 1. The van der Waals surface area contributed by atoms with Crippen molar-refractivity contribution in [1.29, 1.82) is 0 Å². The minimum Gasteiger partial charge on any atom is -0.458 e. The Balaban J connectivity index is 1.28. The Bertz CT molecular complexity index is 682. The van der Waals surface area contributed by atoms with Gasteiger partial charge in [-0.1, -0.05) is 18.2 Å². The van der Waals surface area contributed by atoms with E-state index in [1.54, 1.807) is 0 Å². The Labute approximate surface area is 155 Å². The van der Waals surface area contributed by atoms with Crippen LogP contribution in [0, 0.1) is 5.92 Å². The molecule has 5 nitrogen and oxygen atoms in total. The van der Waals surface area contributed by atoms with Crippen molar-refractivity contribution in [3.05, 3.63) is 29.8 Å². The summed E-state index contributed by atoms with van der Waals surface area (Å²) in [5.74, 6) is -0.512. The number of anilines is 1. The summed E-state index contributed by atoms with van der Waals surface area (Å²) in [6.45, 7) is 2.68. The number of aryl methyl sites for hydroxylation is 1. The summed E-state index contributed by atoms with van der Waals surface area (Å²) in [7, 11) is 0. The minimum absolute atomic E-state index is 0.00297. The Hall–Kier alpha value is -2.04. The first-order chi connectivity index (χ1) is 12.7. The molecule has 0 aromatic heterocycles. The predicted molar refractivity (Wildman–Crippen MR) is 100 cm³/mol. The van der Waals surface area contributed by atoms with E-state index in [4.69, 9.17) is 4.74 Å². The Morgan fingerprint density at radius 2 is 2.04 bits per heavy atom. The first kappa shape index (κ1) is 17.4. The van der Waals surface area contributed by atoms with Crippen LogP contribution in [0.25, 0.3) is 0 Å². The number of ether oxygens (including phenoxy) is 1. The van der Waals surface area contributed by atoms with Crippen LogP contribution in [0.4, 0.5) is 5.69 Å². The zero-order chi connectivity index (χ0) is 18.0. The van der Waals surface area contributed by atoms with E-state index in [1.807, 2.05) is 0 Å². The zero-order valence-corrected chi connectivity index (χ0v) is 15.3. The highest BCUT2D eigenvalue weighted by Gasteiger charge is 2.53. The number of esters is 1. The molecule has 2 heterocycles. The molecular formula is C21H28N2O3. The van der Waals surface area contributed by atoms with Crippen molar-refractivity contribution >= 4 is 17.6 Å². The number of carbonyl (C=O) groups is 2. The smallest absolute Gasteiger partial charge is 0.307 e. The molecule has 0 bridgehead atoms. The highest BCUT2D eigenvalue weighted by Crippen LogP contribution is 2.45. The molecule has 1 N–H and O–H groups in total. The molecule has 0 radical (unpaired) electrons. The molecule has 4 rings (SSSR count). The molecule has 1 saturated heterocycles. The molecule has 0 unspecified atom stereocenters.